The molecule has 0 atom stereocenters. The molecule has 0 aromatic heterocycles. The number of unbranched alkanes of at least 4 members (excludes halogenated alkanes) is 3. The Kier molecular flexibility index (Phi) is 11.2. The molecule has 0 saturated heterocycles. The molecule has 0 saturated carbocycles. The van der Waals surface area contributed by atoms with Crippen LogP contribution in [0.4, 0.5) is 39.5 Å². The molecule has 0 heterocycles. The first-order valence-electron chi connectivity index (χ1n) is 15.6. The number of halogens is 10. The van der Waals surface area contributed by atoms with Crippen molar-refractivity contribution in [2.45, 2.75) is 57.6 Å². The third-order valence-electron chi connectivity index (χ3n) is 8.04. The maximum absolute atomic E-state index is 14.1. The highest BCUT2D eigenvalue weighted by molar-refractivity contribution is 5.96. The van der Waals surface area contributed by atoms with Crippen molar-refractivity contribution < 1.29 is 60.7 Å². The molecule has 256 valence electrons. The average Bonchev–Trinajstić information content (AvgIpc) is 3.06. The largest absolute Gasteiger partial charge is 0.416 e. The van der Waals surface area contributed by atoms with Gasteiger partial charge in [0.05, 0.1) is 16.7 Å². The Morgan fingerprint density at radius 1 is 0.469 bits per heavy atom. The summed E-state index contributed by atoms with van der Waals surface area (Å²) in [6, 6.07) is 24.7. The summed E-state index contributed by atoms with van der Waals surface area (Å²) in [7, 11) is 0. The lowest BCUT2D eigenvalue weighted by Gasteiger charge is -2.22. The highest BCUT2D eigenvalue weighted by atomic mass is 127. The van der Waals surface area contributed by atoms with E-state index in [1.165, 1.54) is 36.4 Å². The van der Waals surface area contributed by atoms with Crippen LogP contribution in [-0.4, -0.2) is 0 Å². The molecular formula is C39H31F9I+. The minimum absolute atomic E-state index is 0.0448. The zero-order chi connectivity index (χ0) is 35.4. The molecule has 0 nitrogen and oxygen atoms in total. The summed E-state index contributed by atoms with van der Waals surface area (Å²) in [4.78, 5) is 0. The number of aryl methyl sites for hydroxylation is 1. The van der Waals surface area contributed by atoms with E-state index < -0.39 is 56.4 Å². The molecule has 5 aromatic carbocycles. The van der Waals surface area contributed by atoms with Crippen LogP contribution in [0.25, 0.3) is 33.4 Å². The standard InChI is InChI=1S/C39H31F9I/c1-2-3-4-6-12-28-24-33(49-32-19-7-5-8-20-32)35(26-14-10-17-30(22-26)38(43,44)45)36(27-15-11-18-31(23-27)39(46,47)48)34(28)25-13-9-16-29(21-25)37(40,41)42/h5,7-11,13-24H,2-4,6,12H2,1H3/q+1. The Hall–Kier alpha value is -3.80. The molecule has 0 amide bonds. The molecule has 0 N–H and O–H groups in total. The fraction of sp³-hybridized carbons (Fsp3) is 0.231. The van der Waals surface area contributed by atoms with Crippen molar-refractivity contribution >= 4 is 0 Å². The Balaban J connectivity index is 1.96. The summed E-state index contributed by atoms with van der Waals surface area (Å²) >= 11 is -1.13. The predicted molar refractivity (Wildman–Crippen MR) is 169 cm³/mol. The molecule has 5 aromatic rings. The first-order chi connectivity index (χ1) is 23.2. The van der Waals surface area contributed by atoms with Crippen LogP contribution in [0, 0.1) is 7.14 Å². The molecule has 0 aliphatic rings. The van der Waals surface area contributed by atoms with Crippen LogP contribution in [0.1, 0.15) is 54.9 Å². The second-order valence-corrected chi connectivity index (χ2v) is 14.5. The summed E-state index contributed by atoms with van der Waals surface area (Å²) in [5.41, 5.74) is -1.27. The first-order valence-corrected chi connectivity index (χ1v) is 17.7. The smallest absolute Gasteiger partial charge is 0.166 e. The second kappa shape index (κ2) is 15.0. The topological polar surface area (TPSA) is 0 Å². The van der Waals surface area contributed by atoms with Crippen LogP contribution < -0.4 is 21.2 Å². The fourth-order valence-corrected chi connectivity index (χ4v) is 8.59. The van der Waals surface area contributed by atoms with Crippen molar-refractivity contribution in [3.05, 3.63) is 139 Å². The lowest BCUT2D eigenvalue weighted by molar-refractivity contribution is -0.596. The second-order valence-electron chi connectivity index (χ2n) is 11.6. The van der Waals surface area contributed by atoms with Crippen molar-refractivity contribution in [3.63, 3.8) is 0 Å². The van der Waals surface area contributed by atoms with Crippen molar-refractivity contribution in [3.8, 4) is 33.4 Å². The van der Waals surface area contributed by atoms with Crippen LogP contribution in [0.5, 0.6) is 0 Å². The Morgan fingerprint density at radius 2 is 0.939 bits per heavy atom. The maximum Gasteiger partial charge on any atom is 0.416 e. The quantitative estimate of drug-likeness (QED) is 0.0751. The van der Waals surface area contributed by atoms with Crippen molar-refractivity contribution in [2.24, 2.45) is 0 Å². The van der Waals surface area contributed by atoms with Gasteiger partial charge in [-0.05, 0) is 95.3 Å². The molecular weight excluding hydrogens is 766 g/mol. The molecule has 49 heavy (non-hydrogen) atoms. The van der Waals surface area contributed by atoms with Crippen molar-refractivity contribution in [2.75, 3.05) is 0 Å². The van der Waals surface area contributed by atoms with Gasteiger partial charge >= 0.3 is 39.7 Å². The van der Waals surface area contributed by atoms with Gasteiger partial charge in [-0.2, -0.15) is 39.5 Å². The first kappa shape index (κ1) is 36.5. The van der Waals surface area contributed by atoms with Gasteiger partial charge in [0.15, 0.2) is 3.57 Å². The van der Waals surface area contributed by atoms with E-state index in [1.807, 2.05) is 43.3 Å². The summed E-state index contributed by atoms with van der Waals surface area (Å²) in [5.74, 6) is 0. The molecule has 0 unspecified atom stereocenters. The van der Waals surface area contributed by atoms with Crippen LogP contribution in [-0.2, 0) is 24.9 Å². The average molecular weight is 798 g/mol. The summed E-state index contributed by atoms with van der Waals surface area (Å²) in [6.07, 6.45) is -10.5. The summed E-state index contributed by atoms with van der Waals surface area (Å²) in [6.45, 7) is 2.03. The Morgan fingerprint density at radius 3 is 1.41 bits per heavy atom. The molecule has 0 spiro atoms. The predicted octanol–water partition coefficient (Wildman–Crippen LogP) is 10.00. The van der Waals surface area contributed by atoms with Gasteiger partial charge in [-0.15, -0.1) is 0 Å². The number of benzene rings is 5. The fourth-order valence-electron chi connectivity index (χ4n) is 5.77. The highest BCUT2D eigenvalue weighted by Crippen LogP contribution is 2.46. The SMILES string of the molecule is CCCCCCc1cc([I+]c2ccccc2)c(-c2cccc(C(F)(F)F)c2)c(-c2cccc(C(F)(F)F)c2)c1-c1cccc(C(F)(F)F)c1. The van der Waals surface area contributed by atoms with Gasteiger partial charge in [0, 0.05) is 11.1 Å². The summed E-state index contributed by atoms with van der Waals surface area (Å²) in [5, 5.41) is 0. The number of alkyl halides is 9. The summed E-state index contributed by atoms with van der Waals surface area (Å²) < 4.78 is 128. The van der Waals surface area contributed by atoms with Gasteiger partial charge in [0.2, 0.25) is 3.57 Å². The molecule has 10 heteroatoms. The van der Waals surface area contributed by atoms with Gasteiger partial charge in [-0.1, -0.05) is 80.8 Å². The van der Waals surface area contributed by atoms with E-state index in [2.05, 4.69) is 0 Å². The van der Waals surface area contributed by atoms with E-state index in [0.717, 1.165) is 59.2 Å². The molecule has 0 radical (unpaired) electrons. The number of hydrogen-bond acceptors (Lipinski definition) is 0. The maximum atomic E-state index is 14.1. The molecule has 5 rings (SSSR count). The van der Waals surface area contributed by atoms with E-state index in [4.69, 9.17) is 0 Å². The van der Waals surface area contributed by atoms with Gasteiger partial charge in [0.25, 0.3) is 0 Å². The van der Waals surface area contributed by atoms with Crippen LogP contribution in [0.2, 0.25) is 0 Å². The van der Waals surface area contributed by atoms with Crippen LogP contribution in [0.15, 0.2) is 109 Å². The molecule has 0 aliphatic carbocycles. The molecule has 0 fully saturated rings. The van der Waals surface area contributed by atoms with E-state index in [1.54, 1.807) is 0 Å². The molecule has 0 aliphatic heterocycles. The Labute approximate surface area is 289 Å². The third-order valence-corrected chi connectivity index (χ3v) is 10.8. The number of hydrogen-bond donors (Lipinski definition) is 0. The monoisotopic (exact) mass is 797 g/mol. The zero-order valence-electron chi connectivity index (χ0n) is 26.2. The van der Waals surface area contributed by atoms with E-state index in [-0.39, 0.29) is 33.4 Å². The molecule has 0 bridgehead atoms. The van der Waals surface area contributed by atoms with Crippen LogP contribution >= 0.6 is 0 Å². The van der Waals surface area contributed by atoms with Crippen molar-refractivity contribution in [1.82, 2.24) is 0 Å². The number of rotatable bonds is 10. The van der Waals surface area contributed by atoms with E-state index in [9.17, 15) is 39.5 Å². The van der Waals surface area contributed by atoms with Crippen molar-refractivity contribution in [1.29, 1.82) is 0 Å². The zero-order valence-corrected chi connectivity index (χ0v) is 28.4. The van der Waals surface area contributed by atoms with Gasteiger partial charge in [-0.25, -0.2) is 0 Å². The Bertz CT molecular complexity index is 1890. The minimum Gasteiger partial charge on any atom is -0.166 e. The lowest BCUT2D eigenvalue weighted by Crippen LogP contribution is -3.61. The van der Waals surface area contributed by atoms with E-state index in [0.29, 0.717) is 22.0 Å². The highest BCUT2D eigenvalue weighted by Gasteiger charge is 2.36. The minimum atomic E-state index is -4.75. The normalized spacial score (nSPS) is 12.4. The third kappa shape index (κ3) is 8.87. The van der Waals surface area contributed by atoms with Crippen LogP contribution in [0.3, 0.4) is 0 Å². The van der Waals surface area contributed by atoms with E-state index >= 15 is 0 Å². The van der Waals surface area contributed by atoms with Gasteiger partial charge in [-0.3, -0.25) is 0 Å². The van der Waals surface area contributed by atoms with Gasteiger partial charge < -0.3 is 0 Å². The van der Waals surface area contributed by atoms with Gasteiger partial charge in [0.1, 0.15) is 0 Å². The lowest BCUT2D eigenvalue weighted by atomic mass is 9.82.